The Kier molecular flexibility index (Phi) is 9.28. The van der Waals surface area contributed by atoms with E-state index in [1.807, 2.05) is 18.2 Å². The molecule has 0 saturated heterocycles. The molecule has 0 saturated carbocycles. The molecular weight excluding hydrogens is 633 g/mol. The van der Waals surface area contributed by atoms with Crippen molar-refractivity contribution in [3.8, 4) is 34.1 Å². The Labute approximate surface area is 280 Å². The number of hydrogen-bond acceptors (Lipinski definition) is 9. The van der Waals surface area contributed by atoms with Gasteiger partial charge >= 0.3 is 11.9 Å². The maximum Gasteiger partial charge on any atom is 0.335 e. The summed E-state index contributed by atoms with van der Waals surface area (Å²) in [5, 5.41) is 19.3. The number of hydrogen-bond donors (Lipinski definition) is 2. The van der Waals surface area contributed by atoms with Gasteiger partial charge in [-0.05, 0) is 96.6 Å². The summed E-state index contributed by atoms with van der Waals surface area (Å²) in [6.07, 6.45) is 12.4. The highest BCUT2D eigenvalue weighted by molar-refractivity contribution is 8.02. The van der Waals surface area contributed by atoms with Crippen LogP contribution in [0.2, 0.25) is 0 Å². The third kappa shape index (κ3) is 6.86. The third-order valence-electron chi connectivity index (χ3n) is 7.76. The second-order valence-corrected chi connectivity index (χ2v) is 12.6. The van der Waals surface area contributed by atoms with Gasteiger partial charge in [0.05, 0.1) is 33.9 Å². The number of allylic oxidation sites excluding steroid dienone is 4. The van der Waals surface area contributed by atoms with E-state index in [1.165, 1.54) is 40.3 Å². The normalized spacial score (nSPS) is 14.3. The SMILES string of the molecule is CSC1=CC=C(N(c2ccc(SC)cc2)c2ccc(-c3ccnc(-c4cc(C(=O)O)cc(-c5cc(C(=O)O)ccn5)n4)c3)o2)C(C)C1. The fourth-order valence-electron chi connectivity index (χ4n) is 5.35. The summed E-state index contributed by atoms with van der Waals surface area (Å²) < 4.78 is 6.53. The van der Waals surface area contributed by atoms with Gasteiger partial charge in [-0.2, -0.15) is 0 Å². The highest BCUT2D eigenvalue weighted by atomic mass is 32.2. The van der Waals surface area contributed by atoms with E-state index in [9.17, 15) is 19.8 Å². The van der Waals surface area contributed by atoms with Gasteiger partial charge < -0.3 is 14.6 Å². The zero-order chi connectivity index (χ0) is 33.1. The predicted molar refractivity (Wildman–Crippen MR) is 186 cm³/mol. The lowest BCUT2D eigenvalue weighted by Gasteiger charge is -2.31. The average molecular weight is 663 g/mol. The summed E-state index contributed by atoms with van der Waals surface area (Å²) in [5.41, 5.74) is 3.98. The summed E-state index contributed by atoms with van der Waals surface area (Å²) in [7, 11) is 0. The Balaban J connectivity index is 1.39. The molecule has 47 heavy (non-hydrogen) atoms. The van der Waals surface area contributed by atoms with E-state index < -0.39 is 11.9 Å². The molecule has 0 radical (unpaired) electrons. The van der Waals surface area contributed by atoms with E-state index in [4.69, 9.17) is 4.42 Å². The molecule has 5 aromatic rings. The van der Waals surface area contributed by atoms with Crippen LogP contribution >= 0.6 is 23.5 Å². The van der Waals surface area contributed by atoms with Crippen molar-refractivity contribution in [3.05, 3.63) is 119 Å². The molecule has 6 rings (SSSR count). The van der Waals surface area contributed by atoms with E-state index in [-0.39, 0.29) is 28.4 Å². The Bertz CT molecular complexity index is 2040. The Morgan fingerprint density at radius 1 is 0.787 bits per heavy atom. The van der Waals surface area contributed by atoms with Gasteiger partial charge in [-0.1, -0.05) is 13.0 Å². The van der Waals surface area contributed by atoms with Gasteiger partial charge in [0, 0.05) is 46.2 Å². The molecule has 9 nitrogen and oxygen atoms in total. The second kappa shape index (κ2) is 13.7. The minimum atomic E-state index is -1.16. The maximum absolute atomic E-state index is 12.0. The molecule has 11 heteroatoms. The van der Waals surface area contributed by atoms with Crippen LogP contribution in [0.15, 0.2) is 117 Å². The molecule has 1 aromatic carbocycles. The first-order valence-corrected chi connectivity index (χ1v) is 17.1. The highest BCUT2D eigenvalue weighted by Gasteiger charge is 2.25. The number of benzene rings is 1. The van der Waals surface area contributed by atoms with Crippen LogP contribution in [0.1, 0.15) is 34.1 Å². The monoisotopic (exact) mass is 662 g/mol. The number of rotatable bonds is 10. The van der Waals surface area contributed by atoms with Crippen LogP contribution in [0.3, 0.4) is 0 Å². The van der Waals surface area contributed by atoms with Crippen LogP contribution in [-0.4, -0.2) is 49.6 Å². The minimum absolute atomic E-state index is 0.0150. The summed E-state index contributed by atoms with van der Waals surface area (Å²) in [6, 6.07) is 21.4. The molecule has 0 fully saturated rings. The van der Waals surface area contributed by atoms with Gasteiger partial charge in [0.1, 0.15) is 5.76 Å². The first-order valence-electron chi connectivity index (χ1n) is 14.6. The first kappa shape index (κ1) is 31.8. The van der Waals surface area contributed by atoms with Crippen molar-refractivity contribution >= 4 is 47.0 Å². The van der Waals surface area contributed by atoms with Crippen molar-refractivity contribution in [2.24, 2.45) is 5.92 Å². The molecule has 4 aromatic heterocycles. The number of aromatic carboxylic acids is 2. The summed E-state index contributed by atoms with van der Waals surface area (Å²) in [4.78, 5) is 41.6. The number of carboxylic acid groups (broad SMARTS) is 2. The lowest BCUT2D eigenvalue weighted by molar-refractivity contribution is 0.0686. The number of pyridine rings is 3. The number of carbonyl (C=O) groups is 2. The van der Waals surface area contributed by atoms with Crippen molar-refractivity contribution < 1.29 is 24.2 Å². The summed E-state index contributed by atoms with van der Waals surface area (Å²) >= 11 is 3.45. The van der Waals surface area contributed by atoms with E-state index in [0.717, 1.165) is 23.4 Å². The summed E-state index contributed by atoms with van der Waals surface area (Å²) in [6.45, 7) is 2.22. The quantitative estimate of drug-likeness (QED) is 0.139. The van der Waals surface area contributed by atoms with Crippen LogP contribution in [0.25, 0.3) is 34.1 Å². The topological polar surface area (TPSA) is 130 Å². The molecule has 1 unspecified atom stereocenters. The third-order valence-corrected chi connectivity index (χ3v) is 9.33. The minimum Gasteiger partial charge on any atom is -0.478 e. The van der Waals surface area contributed by atoms with Crippen LogP contribution < -0.4 is 4.90 Å². The van der Waals surface area contributed by atoms with Gasteiger partial charge in [0.2, 0.25) is 5.88 Å². The highest BCUT2D eigenvalue weighted by Crippen LogP contribution is 2.41. The fourth-order valence-corrected chi connectivity index (χ4v) is 6.37. The largest absolute Gasteiger partial charge is 0.478 e. The van der Waals surface area contributed by atoms with Gasteiger partial charge in [-0.25, -0.2) is 14.6 Å². The zero-order valence-electron chi connectivity index (χ0n) is 25.7. The molecule has 4 heterocycles. The van der Waals surface area contributed by atoms with E-state index in [0.29, 0.717) is 23.0 Å². The molecule has 0 spiro atoms. The molecule has 0 aliphatic heterocycles. The Morgan fingerprint density at radius 2 is 1.45 bits per heavy atom. The average Bonchev–Trinajstić information content (AvgIpc) is 3.59. The van der Waals surface area contributed by atoms with Crippen molar-refractivity contribution in [1.29, 1.82) is 0 Å². The van der Waals surface area contributed by atoms with Gasteiger partial charge in [0.25, 0.3) is 0 Å². The molecule has 0 amide bonds. The van der Waals surface area contributed by atoms with Crippen molar-refractivity contribution in [3.63, 3.8) is 0 Å². The zero-order valence-corrected chi connectivity index (χ0v) is 27.4. The number of carboxylic acids is 2. The Hall–Kier alpha value is -5.13. The van der Waals surface area contributed by atoms with Crippen LogP contribution in [0.4, 0.5) is 11.6 Å². The lowest BCUT2D eigenvalue weighted by atomic mass is 9.97. The fraction of sp³-hybridized carbons (Fsp3) is 0.139. The standard InChI is InChI=1S/C36H30N4O5S2/c1-21-16-27(47-3)8-9-32(21)40(25-4-6-26(46-2)7-5-25)34-11-10-33(45-34)22-12-14-37-28(17-22)30-19-24(36(43)44)20-31(39-30)29-18-23(35(41)42)13-15-38-29/h4-15,17-21H,16H2,1-3H3,(H,41,42)(H,43,44). The van der Waals surface area contributed by atoms with Gasteiger partial charge in [-0.15, -0.1) is 23.5 Å². The van der Waals surface area contributed by atoms with Gasteiger partial charge in [0.15, 0.2) is 0 Å². The predicted octanol–water partition coefficient (Wildman–Crippen LogP) is 8.89. The molecule has 0 bridgehead atoms. The number of thioether (sulfide) groups is 2. The number of aromatic nitrogens is 3. The van der Waals surface area contributed by atoms with Gasteiger partial charge in [-0.3, -0.25) is 14.9 Å². The van der Waals surface area contributed by atoms with Crippen LogP contribution in [0, 0.1) is 5.92 Å². The number of furan rings is 1. The molecule has 1 aliphatic rings. The Morgan fingerprint density at radius 3 is 2.09 bits per heavy atom. The number of nitrogens with zero attached hydrogens (tertiary/aromatic N) is 4. The van der Waals surface area contributed by atoms with Crippen molar-refractivity contribution in [1.82, 2.24) is 15.0 Å². The molecule has 2 N–H and O–H groups in total. The smallest absolute Gasteiger partial charge is 0.335 e. The van der Waals surface area contributed by atoms with Crippen LogP contribution in [0.5, 0.6) is 0 Å². The van der Waals surface area contributed by atoms with Crippen molar-refractivity contribution in [2.45, 2.75) is 18.2 Å². The van der Waals surface area contributed by atoms with E-state index >= 15 is 0 Å². The van der Waals surface area contributed by atoms with Crippen molar-refractivity contribution in [2.75, 3.05) is 17.4 Å². The molecular formula is C36H30N4O5S2. The molecule has 1 aliphatic carbocycles. The first-order chi connectivity index (χ1) is 22.7. The van der Waals surface area contributed by atoms with E-state index in [2.05, 4.69) is 75.7 Å². The molecule has 1 atom stereocenters. The lowest BCUT2D eigenvalue weighted by Crippen LogP contribution is -2.22. The number of anilines is 2. The second-order valence-electron chi connectivity index (χ2n) is 10.8. The maximum atomic E-state index is 12.0. The molecule has 236 valence electrons. The summed E-state index contributed by atoms with van der Waals surface area (Å²) in [5.74, 6) is -0.763. The van der Waals surface area contributed by atoms with Crippen LogP contribution in [-0.2, 0) is 0 Å². The van der Waals surface area contributed by atoms with E-state index in [1.54, 1.807) is 35.8 Å².